The molecule has 1 saturated carbocycles. The van der Waals surface area contributed by atoms with Gasteiger partial charge in [0.25, 0.3) is 0 Å². The highest BCUT2D eigenvalue weighted by molar-refractivity contribution is 6.01. The summed E-state index contributed by atoms with van der Waals surface area (Å²) in [4.78, 5) is 26.4. The minimum atomic E-state index is -1.07. The average Bonchev–Trinajstić information content (AvgIpc) is 3.04. The summed E-state index contributed by atoms with van der Waals surface area (Å²) >= 11 is 0. The van der Waals surface area contributed by atoms with Gasteiger partial charge in [-0.15, -0.1) is 0 Å². The second-order valence-corrected chi connectivity index (χ2v) is 8.14. The van der Waals surface area contributed by atoms with Gasteiger partial charge in [0.1, 0.15) is 0 Å². The fraction of sp³-hybridized carbons (Fsp3) is 0.913. The summed E-state index contributed by atoms with van der Waals surface area (Å²) < 4.78 is 11.2. The maximum Gasteiger partial charge on any atom is 0.323 e. The predicted octanol–water partition coefficient (Wildman–Crippen LogP) is 6.07. The standard InChI is InChI=1S/C23H42O4/c1-5-9-13-19-15-16-23(20(19)14-10-6-2,21(24)26-17-11-7-3)22(25)27-18-12-8-4/h19-20H,5-18H2,1-4H3. The number of hydrogen-bond donors (Lipinski definition) is 0. The molecule has 2 atom stereocenters. The molecule has 27 heavy (non-hydrogen) atoms. The number of esters is 2. The molecule has 0 aromatic rings. The number of hydrogen-bond acceptors (Lipinski definition) is 4. The minimum Gasteiger partial charge on any atom is -0.465 e. The van der Waals surface area contributed by atoms with E-state index in [0.717, 1.165) is 70.6 Å². The molecular formula is C23H42O4. The van der Waals surface area contributed by atoms with E-state index >= 15 is 0 Å². The fourth-order valence-electron chi connectivity index (χ4n) is 4.39. The van der Waals surface area contributed by atoms with Gasteiger partial charge in [0, 0.05) is 0 Å². The zero-order chi connectivity index (χ0) is 20.1. The molecule has 0 aliphatic heterocycles. The zero-order valence-electron chi connectivity index (χ0n) is 18.2. The van der Waals surface area contributed by atoms with Gasteiger partial charge in [0.15, 0.2) is 5.41 Å². The second kappa shape index (κ2) is 13.2. The third-order valence-electron chi connectivity index (χ3n) is 6.10. The topological polar surface area (TPSA) is 52.6 Å². The van der Waals surface area contributed by atoms with Gasteiger partial charge >= 0.3 is 11.9 Å². The first kappa shape index (κ1) is 24.0. The van der Waals surface area contributed by atoms with Crippen LogP contribution in [0, 0.1) is 17.3 Å². The lowest BCUT2D eigenvalue weighted by atomic mass is 9.71. The van der Waals surface area contributed by atoms with E-state index in [9.17, 15) is 9.59 Å². The van der Waals surface area contributed by atoms with E-state index in [0.29, 0.717) is 25.6 Å². The van der Waals surface area contributed by atoms with Gasteiger partial charge in [-0.3, -0.25) is 9.59 Å². The van der Waals surface area contributed by atoms with Crippen LogP contribution in [0.2, 0.25) is 0 Å². The van der Waals surface area contributed by atoms with Crippen molar-refractivity contribution in [3.8, 4) is 0 Å². The molecule has 0 N–H and O–H groups in total. The molecule has 4 nitrogen and oxygen atoms in total. The average molecular weight is 383 g/mol. The quantitative estimate of drug-likeness (QED) is 0.208. The van der Waals surface area contributed by atoms with Crippen LogP contribution in [0.5, 0.6) is 0 Å². The van der Waals surface area contributed by atoms with Crippen LogP contribution in [0.15, 0.2) is 0 Å². The Morgan fingerprint density at radius 3 is 1.74 bits per heavy atom. The Morgan fingerprint density at radius 1 is 0.778 bits per heavy atom. The molecule has 158 valence electrons. The Hall–Kier alpha value is -1.06. The monoisotopic (exact) mass is 382 g/mol. The molecule has 0 saturated heterocycles. The van der Waals surface area contributed by atoms with Crippen molar-refractivity contribution in [2.45, 2.75) is 105 Å². The number of ether oxygens (including phenoxy) is 2. The second-order valence-electron chi connectivity index (χ2n) is 8.14. The summed E-state index contributed by atoms with van der Waals surface area (Å²) in [5.41, 5.74) is -1.07. The molecule has 1 aliphatic rings. The molecule has 1 aliphatic carbocycles. The number of rotatable bonds is 14. The minimum absolute atomic E-state index is 0.0623. The SMILES string of the molecule is CCCCOC(=O)C1(C(=O)OCCCC)CCC(CCCC)C1CCCC. The fourth-order valence-corrected chi connectivity index (χ4v) is 4.39. The number of carbonyl (C=O) groups excluding carboxylic acids is 2. The molecule has 0 aromatic carbocycles. The predicted molar refractivity (Wildman–Crippen MR) is 109 cm³/mol. The van der Waals surface area contributed by atoms with Gasteiger partial charge in [-0.05, 0) is 43.9 Å². The molecule has 0 bridgehead atoms. The van der Waals surface area contributed by atoms with Crippen LogP contribution in [0.25, 0.3) is 0 Å². The summed E-state index contributed by atoms with van der Waals surface area (Å²) in [7, 11) is 0. The van der Waals surface area contributed by atoms with Gasteiger partial charge in [0.2, 0.25) is 0 Å². The van der Waals surface area contributed by atoms with Crippen LogP contribution in [0.1, 0.15) is 105 Å². The normalized spacial score (nSPS) is 21.2. The number of unbranched alkanes of at least 4 members (excludes halogenated alkanes) is 4. The van der Waals surface area contributed by atoms with E-state index in [1.807, 2.05) is 0 Å². The molecule has 0 radical (unpaired) electrons. The zero-order valence-corrected chi connectivity index (χ0v) is 18.2. The van der Waals surface area contributed by atoms with Crippen molar-refractivity contribution in [3.63, 3.8) is 0 Å². The van der Waals surface area contributed by atoms with Crippen molar-refractivity contribution in [2.75, 3.05) is 13.2 Å². The first-order chi connectivity index (χ1) is 13.1. The summed E-state index contributed by atoms with van der Waals surface area (Å²) in [5.74, 6) is -0.156. The third kappa shape index (κ3) is 6.50. The van der Waals surface area contributed by atoms with Crippen molar-refractivity contribution in [2.24, 2.45) is 17.3 Å². The smallest absolute Gasteiger partial charge is 0.323 e. The molecule has 1 rings (SSSR count). The van der Waals surface area contributed by atoms with Crippen molar-refractivity contribution < 1.29 is 19.1 Å². The molecule has 0 spiro atoms. The van der Waals surface area contributed by atoms with E-state index in [2.05, 4.69) is 27.7 Å². The Kier molecular flexibility index (Phi) is 11.7. The lowest BCUT2D eigenvalue weighted by Gasteiger charge is -2.33. The maximum absolute atomic E-state index is 13.2. The van der Waals surface area contributed by atoms with Gasteiger partial charge in [-0.2, -0.15) is 0 Å². The van der Waals surface area contributed by atoms with E-state index in [1.54, 1.807) is 0 Å². The van der Waals surface area contributed by atoms with Crippen molar-refractivity contribution in [1.82, 2.24) is 0 Å². The summed E-state index contributed by atoms with van der Waals surface area (Å²) in [5, 5.41) is 0. The van der Waals surface area contributed by atoms with Crippen molar-refractivity contribution in [1.29, 1.82) is 0 Å². The summed E-state index contributed by atoms with van der Waals surface area (Å²) in [6, 6.07) is 0. The van der Waals surface area contributed by atoms with Gasteiger partial charge in [-0.1, -0.05) is 72.6 Å². The molecule has 0 heterocycles. The molecule has 1 fully saturated rings. The Balaban J connectivity index is 3.06. The molecule has 4 heteroatoms. The summed E-state index contributed by atoms with van der Waals surface area (Å²) in [6.45, 7) is 9.31. The maximum atomic E-state index is 13.2. The number of carbonyl (C=O) groups is 2. The van der Waals surface area contributed by atoms with E-state index in [-0.39, 0.29) is 17.9 Å². The van der Waals surface area contributed by atoms with Crippen LogP contribution in [0.4, 0.5) is 0 Å². The lowest BCUT2D eigenvalue weighted by molar-refractivity contribution is -0.177. The van der Waals surface area contributed by atoms with E-state index < -0.39 is 5.41 Å². The van der Waals surface area contributed by atoms with E-state index in [1.165, 1.54) is 0 Å². The van der Waals surface area contributed by atoms with Crippen LogP contribution < -0.4 is 0 Å². The first-order valence-electron chi connectivity index (χ1n) is 11.4. The van der Waals surface area contributed by atoms with E-state index in [4.69, 9.17) is 9.47 Å². The Bertz CT molecular complexity index is 410. The highest BCUT2D eigenvalue weighted by Gasteiger charge is 2.60. The molecule has 0 amide bonds. The first-order valence-corrected chi connectivity index (χ1v) is 11.4. The van der Waals surface area contributed by atoms with Crippen molar-refractivity contribution in [3.05, 3.63) is 0 Å². The molecule has 2 unspecified atom stereocenters. The Morgan fingerprint density at radius 2 is 1.26 bits per heavy atom. The largest absolute Gasteiger partial charge is 0.465 e. The van der Waals surface area contributed by atoms with Gasteiger partial charge in [-0.25, -0.2) is 0 Å². The summed E-state index contributed by atoms with van der Waals surface area (Å²) in [6.07, 6.45) is 11.6. The highest BCUT2D eigenvalue weighted by atomic mass is 16.6. The van der Waals surface area contributed by atoms with Crippen LogP contribution in [-0.2, 0) is 19.1 Å². The molecule has 0 aromatic heterocycles. The van der Waals surface area contributed by atoms with Gasteiger partial charge in [0.05, 0.1) is 13.2 Å². The van der Waals surface area contributed by atoms with Crippen LogP contribution >= 0.6 is 0 Å². The van der Waals surface area contributed by atoms with Crippen LogP contribution in [-0.4, -0.2) is 25.2 Å². The lowest BCUT2D eigenvalue weighted by Crippen LogP contribution is -2.46. The molecular weight excluding hydrogens is 340 g/mol. The van der Waals surface area contributed by atoms with Crippen molar-refractivity contribution >= 4 is 11.9 Å². The highest BCUT2D eigenvalue weighted by Crippen LogP contribution is 2.52. The van der Waals surface area contributed by atoms with Gasteiger partial charge < -0.3 is 9.47 Å². The van der Waals surface area contributed by atoms with Crippen LogP contribution in [0.3, 0.4) is 0 Å². The third-order valence-corrected chi connectivity index (χ3v) is 6.10. The Labute approximate surface area is 166 Å².